The van der Waals surface area contributed by atoms with Crippen LogP contribution in [0.4, 0.5) is 13.2 Å². The van der Waals surface area contributed by atoms with Crippen LogP contribution >= 0.6 is 0 Å². The van der Waals surface area contributed by atoms with Crippen molar-refractivity contribution in [3.8, 4) is 0 Å². The molecule has 0 saturated heterocycles. The minimum atomic E-state index is -4.15. The van der Waals surface area contributed by atoms with E-state index in [1.807, 2.05) is 31.2 Å². The number of halogens is 3. The molecule has 1 aromatic carbocycles. The number of nitrogens with one attached hydrogen (secondary N) is 1. The third kappa shape index (κ3) is 5.20. The molecule has 1 N–H and O–H groups in total. The average Bonchev–Trinajstić information content (AvgIpc) is 2.34. The molecule has 0 heterocycles. The van der Waals surface area contributed by atoms with Crippen molar-refractivity contribution in [3.63, 3.8) is 0 Å². The van der Waals surface area contributed by atoms with Crippen LogP contribution in [0.1, 0.15) is 24.1 Å². The summed E-state index contributed by atoms with van der Waals surface area (Å²) in [6, 6.07) is 7.67. The molecule has 1 rings (SSSR count). The fourth-order valence-electron chi connectivity index (χ4n) is 2.14. The zero-order chi connectivity index (χ0) is 14.5. The summed E-state index contributed by atoms with van der Waals surface area (Å²) < 4.78 is 37.4. The molecule has 0 fully saturated rings. The lowest BCUT2D eigenvalue weighted by atomic mass is 10.0. The Morgan fingerprint density at radius 2 is 1.89 bits per heavy atom. The maximum Gasteiger partial charge on any atom is 0.401 e. The molecule has 5 heteroatoms. The molecule has 0 aliphatic carbocycles. The van der Waals surface area contributed by atoms with Crippen molar-refractivity contribution >= 4 is 0 Å². The van der Waals surface area contributed by atoms with Gasteiger partial charge in [0.1, 0.15) is 0 Å². The van der Waals surface area contributed by atoms with Gasteiger partial charge in [-0.2, -0.15) is 13.2 Å². The van der Waals surface area contributed by atoms with E-state index in [4.69, 9.17) is 0 Å². The summed E-state index contributed by atoms with van der Waals surface area (Å²) in [5, 5.41) is 3.10. The number of nitrogens with zero attached hydrogens (tertiary/aromatic N) is 1. The van der Waals surface area contributed by atoms with Gasteiger partial charge in [-0.15, -0.1) is 0 Å². The predicted octanol–water partition coefficient (Wildman–Crippen LogP) is 3.14. The van der Waals surface area contributed by atoms with Crippen molar-refractivity contribution in [2.24, 2.45) is 0 Å². The molecule has 2 nitrogen and oxygen atoms in total. The smallest absolute Gasteiger partial charge is 0.312 e. The SMILES string of the molecule is CCN(CC(NC)c1ccccc1C)CC(F)(F)F. The van der Waals surface area contributed by atoms with Crippen LogP contribution in [0.5, 0.6) is 0 Å². The molecule has 0 aliphatic rings. The van der Waals surface area contributed by atoms with Crippen molar-refractivity contribution in [1.29, 1.82) is 0 Å². The van der Waals surface area contributed by atoms with Crippen molar-refractivity contribution in [2.45, 2.75) is 26.1 Å². The van der Waals surface area contributed by atoms with Gasteiger partial charge in [0.15, 0.2) is 0 Å². The average molecular weight is 274 g/mol. The highest BCUT2D eigenvalue weighted by Crippen LogP contribution is 2.21. The number of likely N-dealkylation sites (N-methyl/N-ethyl adjacent to an activating group) is 2. The molecule has 0 amide bonds. The Morgan fingerprint density at radius 1 is 1.26 bits per heavy atom. The van der Waals surface area contributed by atoms with Gasteiger partial charge in [-0.3, -0.25) is 4.90 Å². The van der Waals surface area contributed by atoms with E-state index in [-0.39, 0.29) is 6.04 Å². The molecule has 0 aromatic heterocycles. The summed E-state index contributed by atoms with van der Waals surface area (Å²) in [6.45, 7) is 3.57. The molecule has 1 unspecified atom stereocenters. The summed E-state index contributed by atoms with van der Waals surface area (Å²) >= 11 is 0. The van der Waals surface area contributed by atoms with E-state index < -0.39 is 12.7 Å². The van der Waals surface area contributed by atoms with Gasteiger partial charge in [0.2, 0.25) is 0 Å². The van der Waals surface area contributed by atoms with Gasteiger partial charge in [-0.25, -0.2) is 0 Å². The Morgan fingerprint density at radius 3 is 2.37 bits per heavy atom. The van der Waals surface area contributed by atoms with Crippen LogP contribution in [0.2, 0.25) is 0 Å². The zero-order valence-corrected chi connectivity index (χ0v) is 11.6. The van der Waals surface area contributed by atoms with E-state index in [1.54, 1.807) is 14.0 Å². The minimum Gasteiger partial charge on any atom is -0.312 e. The predicted molar refractivity (Wildman–Crippen MR) is 71.1 cm³/mol. The van der Waals surface area contributed by atoms with Crippen molar-refractivity contribution in [3.05, 3.63) is 35.4 Å². The molecular weight excluding hydrogens is 253 g/mol. The summed E-state index contributed by atoms with van der Waals surface area (Å²) in [6.07, 6.45) is -4.15. The fourth-order valence-corrected chi connectivity index (χ4v) is 2.14. The number of alkyl halides is 3. The van der Waals surface area contributed by atoms with Crippen LogP contribution in [-0.4, -0.2) is 37.8 Å². The lowest BCUT2D eigenvalue weighted by Gasteiger charge is -2.28. The molecule has 0 bridgehead atoms. The lowest BCUT2D eigenvalue weighted by Crippen LogP contribution is -2.39. The van der Waals surface area contributed by atoms with Crippen LogP contribution in [0.3, 0.4) is 0 Å². The number of hydrogen-bond donors (Lipinski definition) is 1. The third-order valence-electron chi connectivity index (χ3n) is 3.20. The van der Waals surface area contributed by atoms with Gasteiger partial charge < -0.3 is 5.32 Å². The Hall–Kier alpha value is -1.07. The largest absolute Gasteiger partial charge is 0.401 e. The lowest BCUT2D eigenvalue weighted by molar-refractivity contribution is -0.146. The molecular formula is C14H21F3N2. The Kier molecular flexibility index (Phi) is 5.82. The number of benzene rings is 1. The first-order valence-corrected chi connectivity index (χ1v) is 6.39. The van der Waals surface area contributed by atoms with Crippen LogP contribution in [-0.2, 0) is 0 Å². The van der Waals surface area contributed by atoms with Crippen LogP contribution in [0.25, 0.3) is 0 Å². The standard InChI is InChI=1S/C14H21F3N2/c1-4-19(10-14(15,16)17)9-13(18-3)12-8-6-5-7-11(12)2/h5-8,13,18H,4,9-10H2,1-3H3. The summed E-state index contributed by atoms with van der Waals surface area (Å²) in [7, 11) is 1.78. The second-order valence-corrected chi connectivity index (χ2v) is 4.64. The summed E-state index contributed by atoms with van der Waals surface area (Å²) in [5.41, 5.74) is 2.13. The number of hydrogen-bond acceptors (Lipinski definition) is 2. The first-order chi connectivity index (χ1) is 8.87. The molecule has 0 radical (unpaired) electrons. The van der Waals surface area contributed by atoms with Crippen LogP contribution in [0, 0.1) is 6.92 Å². The number of aryl methyl sites for hydroxylation is 1. The zero-order valence-electron chi connectivity index (χ0n) is 11.6. The molecule has 1 aromatic rings. The molecule has 0 spiro atoms. The second kappa shape index (κ2) is 6.91. The Labute approximate surface area is 112 Å². The van der Waals surface area contributed by atoms with E-state index in [9.17, 15) is 13.2 Å². The molecule has 0 aliphatic heterocycles. The normalized spacial score (nSPS) is 13.8. The van der Waals surface area contributed by atoms with Crippen molar-refractivity contribution in [2.75, 3.05) is 26.7 Å². The quantitative estimate of drug-likeness (QED) is 0.857. The first kappa shape index (κ1) is 16.0. The van der Waals surface area contributed by atoms with E-state index >= 15 is 0 Å². The molecule has 0 saturated carbocycles. The monoisotopic (exact) mass is 274 g/mol. The molecule has 19 heavy (non-hydrogen) atoms. The Bertz CT molecular complexity index is 391. The summed E-state index contributed by atoms with van der Waals surface area (Å²) in [4.78, 5) is 1.41. The topological polar surface area (TPSA) is 15.3 Å². The van der Waals surface area contributed by atoms with E-state index in [0.717, 1.165) is 11.1 Å². The van der Waals surface area contributed by atoms with Crippen molar-refractivity contribution < 1.29 is 13.2 Å². The molecule has 108 valence electrons. The van der Waals surface area contributed by atoms with Gasteiger partial charge >= 0.3 is 6.18 Å². The second-order valence-electron chi connectivity index (χ2n) is 4.64. The highest BCUT2D eigenvalue weighted by molar-refractivity contribution is 5.28. The third-order valence-corrected chi connectivity index (χ3v) is 3.20. The minimum absolute atomic E-state index is 0.0940. The Balaban J connectivity index is 2.78. The van der Waals surface area contributed by atoms with E-state index in [1.165, 1.54) is 4.90 Å². The fraction of sp³-hybridized carbons (Fsp3) is 0.571. The van der Waals surface area contributed by atoms with Gasteiger partial charge in [0, 0.05) is 12.6 Å². The highest BCUT2D eigenvalue weighted by Gasteiger charge is 2.31. The van der Waals surface area contributed by atoms with Crippen molar-refractivity contribution in [1.82, 2.24) is 10.2 Å². The van der Waals surface area contributed by atoms with Gasteiger partial charge in [-0.1, -0.05) is 31.2 Å². The van der Waals surface area contributed by atoms with Gasteiger partial charge in [0.05, 0.1) is 6.54 Å². The summed E-state index contributed by atoms with van der Waals surface area (Å²) in [5.74, 6) is 0. The molecule has 1 atom stereocenters. The highest BCUT2D eigenvalue weighted by atomic mass is 19.4. The van der Waals surface area contributed by atoms with Crippen LogP contribution < -0.4 is 5.32 Å². The maximum atomic E-state index is 12.5. The van der Waals surface area contributed by atoms with E-state index in [2.05, 4.69) is 5.32 Å². The maximum absolute atomic E-state index is 12.5. The van der Waals surface area contributed by atoms with Gasteiger partial charge in [-0.05, 0) is 31.6 Å². The first-order valence-electron chi connectivity index (χ1n) is 6.39. The van der Waals surface area contributed by atoms with Crippen LogP contribution in [0.15, 0.2) is 24.3 Å². The number of rotatable bonds is 6. The van der Waals surface area contributed by atoms with E-state index in [0.29, 0.717) is 13.1 Å². The van der Waals surface area contributed by atoms with Gasteiger partial charge in [0.25, 0.3) is 0 Å².